The molecule has 0 radical (unpaired) electrons. The van der Waals surface area contributed by atoms with E-state index in [1.165, 1.54) is 11.8 Å². The van der Waals surface area contributed by atoms with Gasteiger partial charge in [0, 0.05) is 113 Å². The smallest absolute Gasteiger partial charge is 0.371 e. The van der Waals surface area contributed by atoms with E-state index in [1.807, 2.05) is 74.5 Å². The van der Waals surface area contributed by atoms with Crippen molar-refractivity contribution in [1.82, 2.24) is 9.80 Å². The van der Waals surface area contributed by atoms with Crippen LogP contribution in [0, 0.1) is 13.8 Å². The Morgan fingerprint density at radius 1 is 0.536 bits per heavy atom. The van der Waals surface area contributed by atoms with Crippen molar-refractivity contribution in [3.05, 3.63) is 128 Å². The third-order valence-electron chi connectivity index (χ3n) is 13.0. The van der Waals surface area contributed by atoms with Crippen LogP contribution < -0.4 is 41.5 Å². The van der Waals surface area contributed by atoms with Gasteiger partial charge in [0.25, 0.3) is 5.91 Å². The predicted octanol–water partition coefficient (Wildman–Crippen LogP) is 5.60. The van der Waals surface area contributed by atoms with Gasteiger partial charge in [-0.25, -0.2) is 4.79 Å². The number of aromatic carboxylic acids is 1. The maximum atomic E-state index is 13.0. The molecule has 4 saturated heterocycles. The van der Waals surface area contributed by atoms with Gasteiger partial charge in [-0.3, -0.25) is 14.4 Å². The molecule has 364 valence electrons. The van der Waals surface area contributed by atoms with Crippen molar-refractivity contribution >= 4 is 67.9 Å². The van der Waals surface area contributed by atoms with Crippen LogP contribution in [0.5, 0.6) is 0 Å². The summed E-state index contributed by atoms with van der Waals surface area (Å²) in [6.07, 6.45) is 0. The molecular formula is C52H62N8O9. The Kier molecular flexibility index (Phi) is 15.5. The minimum Gasteiger partial charge on any atom is -0.475 e. The van der Waals surface area contributed by atoms with E-state index in [0.29, 0.717) is 27.6 Å². The summed E-state index contributed by atoms with van der Waals surface area (Å²) >= 11 is 0. The number of aryl methyl sites for hydroxylation is 2. The lowest BCUT2D eigenvalue weighted by Crippen LogP contribution is -2.44. The van der Waals surface area contributed by atoms with Crippen molar-refractivity contribution in [2.75, 3.05) is 150 Å². The fourth-order valence-electron chi connectivity index (χ4n) is 8.91. The summed E-state index contributed by atoms with van der Waals surface area (Å²) in [6.45, 7) is 17.5. The number of rotatable bonds is 7. The molecule has 0 aliphatic carbocycles. The topological polar surface area (TPSA) is 191 Å². The normalized spacial score (nSPS) is 16.9. The van der Waals surface area contributed by atoms with Crippen LogP contribution >= 0.6 is 0 Å². The lowest BCUT2D eigenvalue weighted by molar-refractivity contribution is 0.0662. The van der Waals surface area contributed by atoms with Crippen molar-refractivity contribution in [3.63, 3.8) is 0 Å². The summed E-state index contributed by atoms with van der Waals surface area (Å²) < 4.78 is 22.3. The Morgan fingerprint density at radius 3 is 1.38 bits per heavy atom. The fourth-order valence-corrected chi connectivity index (χ4v) is 8.91. The maximum absolute atomic E-state index is 13.0. The number of carboxylic acids is 1. The molecule has 4 aromatic carbocycles. The van der Waals surface area contributed by atoms with Gasteiger partial charge < -0.3 is 63.9 Å². The molecule has 0 bridgehead atoms. The summed E-state index contributed by atoms with van der Waals surface area (Å²) in [5, 5.41) is 13.0. The summed E-state index contributed by atoms with van der Waals surface area (Å²) in [4.78, 5) is 62.9. The first-order valence-electron chi connectivity index (χ1n) is 23.5. The number of fused-ring (bicyclic) bond motifs is 2. The van der Waals surface area contributed by atoms with E-state index in [-0.39, 0.29) is 22.4 Å². The largest absolute Gasteiger partial charge is 0.475 e. The van der Waals surface area contributed by atoms with Gasteiger partial charge in [0.2, 0.25) is 5.76 Å². The van der Waals surface area contributed by atoms with E-state index in [1.54, 1.807) is 0 Å². The van der Waals surface area contributed by atoms with Crippen LogP contribution in [0.15, 0.2) is 103 Å². The average Bonchev–Trinajstić information content (AvgIpc) is 3.36. The van der Waals surface area contributed by atoms with E-state index in [2.05, 4.69) is 60.9 Å². The number of ether oxygens (including phenoxy) is 2. The van der Waals surface area contributed by atoms with E-state index < -0.39 is 11.9 Å². The van der Waals surface area contributed by atoms with Crippen LogP contribution in [0.2, 0.25) is 0 Å². The second kappa shape index (κ2) is 22.0. The number of likely N-dealkylation sites (N-methyl/N-ethyl adjacent to an activating group) is 2. The number of carbonyl (C=O) groups excluding carboxylic acids is 1. The molecule has 6 heterocycles. The SMILES string of the molecule is Cc1ccc(N2CCN(C)CC2)c2oc(C(=O)Nc3ccc(N4CCOCC4)cc3)cc(=O)c12.Cc1ccc(N2CCN(C)CC2)c2oc(C(=O)O)cc(=O)c12.Nc1ccc(N2CCOCC2)cc1. The summed E-state index contributed by atoms with van der Waals surface area (Å²) in [5.74, 6) is -1.98. The molecule has 1 amide bonds. The molecule has 17 nitrogen and oxygen atoms in total. The second-order valence-corrected chi connectivity index (χ2v) is 17.8. The van der Waals surface area contributed by atoms with E-state index in [0.717, 1.165) is 145 Å². The second-order valence-electron chi connectivity index (χ2n) is 17.8. The number of morpholine rings is 2. The minimum atomic E-state index is -1.23. The van der Waals surface area contributed by atoms with Crippen LogP contribution in [0.1, 0.15) is 32.2 Å². The average molecular weight is 943 g/mol. The molecule has 69 heavy (non-hydrogen) atoms. The molecule has 17 heteroatoms. The zero-order chi connectivity index (χ0) is 48.6. The number of hydrogen-bond acceptors (Lipinski definition) is 15. The quantitative estimate of drug-likeness (QED) is 0.168. The van der Waals surface area contributed by atoms with Crippen molar-refractivity contribution in [1.29, 1.82) is 0 Å². The van der Waals surface area contributed by atoms with E-state index >= 15 is 0 Å². The van der Waals surface area contributed by atoms with Gasteiger partial charge in [0.1, 0.15) is 0 Å². The third kappa shape index (κ3) is 11.7. The van der Waals surface area contributed by atoms with Crippen molar-refractivity contribution in [3.8, 4) is 0 Å². The van der Waals surface area contributed by atoms with Crippen LogP contribution in [-0.2, 0) is 9.47 Å². The van der Waals surface area contributed by atoms with Crippen LogP contribution in [0.3, 0.4) is 0 Å². The maximum Gasteiger partial charge on any atom is 0.371 e. The van der Waals surface area contributed by atoms with Crippen LogP contribution in [-0.4, -0.2) is 146 Å². The zero-order valence-electron chi connectivity index (χ0n) is 39.9. The molecule has 6 aromatic rings. The molecule has 4 aliphatic heterocycles. The number of carbonyl (C=O) groups is 2. The number of amides is 1. The molecule has 0 spiro atoms. The Balaban J connectivity index is 0.000000156. The highest BCUT2D eigenvalue weighted by Crippen LogP contribution is 2.31. The molecule has 4 N–H and O–H groups in total. The van der Waals surface area contributed by atoms with Crippen LogP contribution in [0.25, 0.3) is 21.9 Å². The fraction of sp³-hybridized carbons (Fsp3) is 0.385. The van der Waals surface area contributed by atoms with Gasteiger partial charge in [-0.05, 0) is 99.7 Å². The minimum absolute atomic E-state index is 0.00994. The zero-order valence-corrected chi connectivity index (χ0v) is 39.9. The molecule has 0 atom stereocenters. The number of nitrogens with zero attached hydrogens (tertiary/aromatic N) is 6. The number of hydrogen-bond donors (Lipinski definition) is 3. The molecule has 2 aromatic heterocycles. The molecule has 0 saturated carbocycles. The number of nitrogens with one attached hydrogen (secondary N) is 1. The van der Waals surface area contributed by atoms with Crippen LogP contribution in [0.4, 0.5) is 34.1 Å². The number of anilines is 6. The Hall–Kier alpha value is -6.92. The highest BCUT2D eigenvalue weighted by molar-refractivity contribution is 6.04. The highest BCUT2D eigenvalue weighted by atomic mass is 16.5. The molecular weight excluding hydrogens is 881 g/mol. The Labute approximate surface area is 401 Å². The van der Waals surface area contributed by atoms with Crippen molar-refractivity contribution < 1.29 is 33.0 Å². The first-order valence-corrected chi connectivity index (χ1v) is 23.5. The molecule has 4 fully saturated rings. The standard InChI is InChI=1S/C26H30N4O4.C16H18N2O4.C10H14N2O/c1-18-3-8-21(30-11-9-28(2)10-12-30)25-24(18)22(31)17-23(34-25)26(32)27-19-4-6-20(7-5-19)29-13-15-33-16-14-29;1-10-3-4-11(18-7-5-17(2)6-8-18)15-14(10)12(19)9-13(22-15)16(20)21;11-9-1-3-10(4-2-9)12-5-7-13-8-6-12/h3-8,17H,9-16H2,1-2H3,(H,27,32);3-4,9H,5-8H2,1-2H3,(H,20,21);1-4H,5-8,11H2. The van der Waals surface area contributed by atoms with Crippen molar-refractivity contribution in [2.45, 2.75) is 13.8 Å². The third-order valence-corrected chi connectivity index (χ3v) is 13.0. The first-order chi connectivity index (χ1) is 33.3. The first kappa shape index (κ1) is 48.5. The summed E-state index contributed by atoms with van der Waals surface area (Å²) in [7, 11) is 4.16. The number of nitrogen functional groups attached to an aromatic ring is 1. The van der Waals surface area contributed by atoms with Gasteiger partial charge in [0.05, 0.1) is 48.6 Å². The van der Waals surface area contributed by atoms with Gasteiger partial charge in [-0.2, -0.15) is 0 Å². The van der Waals surface area contributed by atoms with E-state index in [4.69, 9.17) is 29.1 Å². The Bertz CT molecular complexity index is 2860. The van der Waals surface area contributed by atoms with Gasteiger partial charge in [0.15, 0.2) is 27.8 Å². The Morgan fingerprint density at radius 2 is 0.942 bits per heavy atom. The number of piperazine rings is 2. The predicted molar refractivity (Wildman–Crippen MR) is 272 cm³/mol. The van der Waals surface area contributed by atoms with Gasteiger partial charge in [-0.1, -0.05) is 12.1 Å². The molecule has 10 rings (SSSR count). The molecule has 0 unspecified atom stereocenters. The number of benzene rings is 4. The highest BCUT2D eigenvalue weighted by Gasteiger charge is 2.24. The van der Waals surface area contributed by atoms with E-state index in [9.17, 15) is 19.2 Å². The summed E-state index contributed by atoms with van der Waals surface area (Å²) in [5.41, 5.74) is 13.0. The monoisotopic (exact) mass is 942 g/mol. The number of carboxylic acid groups (broad SMARTS) is 1. The molecule has 4 aliphatic rings. The lowest BCUT2D eigenvalue weighted by Gasteiger charge is -2.34. The van der Waals surface area contributed by atoms with Gasteiger partial charge >= 0.3 is 5.97 Å². The lowest BCUT2D eigenvalue weighted by atomic mass is 10.1. The summed E-state index contributed by atoms with van der Waals surface area (Å²) in [6, 6.07) is 25.7. The van der Waals surface area contributed by atoms with Gasteiger partial charge in [-0.15, -0.1) is 0 Å². The number of nitrogens with two attached hydrogens (primary N) is 1. The van der Waals surface area contributed by atoms with Crippen molar-refractivity contribution in [2.24, 2.45) is 0 Å².